The van der Waals surface area contributed by atoms with E-state index in [2.05, 4.69) is 5.16 Å². The maximum Gasteiger partial charge on any atom is 0.241 e. The minimum Gasteiger partial charge on any atom is -0.388 e. The molecule has 1 heterocycles. The van der Waals surface area contributed by atoms with Crippen LogP contribution in [0.4, 0.5) is 8.78 Å². The summed E-state index contributed by atoms with van der Waals surface area (Å²) in [7, 11) is -4.43. The molecule has 3 aromatic rings. The van der Waals surface area contributed by atoms with E-state index in [0.29, 0.717) is 17.7 Å². The summed E-state index contributed by atoms with van der Waals surface area (Å²) in [4.78, 5) is -0.960. The number of halogens is 2. The van der Waals surface area contributed by atoms with E-state index in [-0.39, 0.29) is 22.6 Å². The highest BCUT2D eigenvalue weighted by atomic mass is 32.2. The van der Waals surface area contributed by atoms with Crippen molar-refractivity contribution in [1.82, 2.24) is 5.16 Å². The number of nitrogens with zero attached hydrogens (tertiary/aromatic N) is 1. The summed E-state index contributed by atoms with van der Waals surface area (Å²) >= 11 is 0. The molecule has 6 nitrogen and oxygen atoms in total. The summed E-state index contributed by atoms with van der Waals surface area (Å²) in [5.41, 5.74) is 2.50. The quantitative estimate of drug-likeness (QED) is 0.707. The number of aromatic nitrogens is 1. The first-order valence-electron chi connectivity index (χ1n) is 7.82. The highest BCUT2D eigenvalue weighted by Gasteiger charge is 2.25. The average molecular weight is 394 g/mol. The molecule has 0 amide bonds. The van der Waals surface area contributed by atoms with Crippen molar-refractivity contribution in [3.05, 3.63) is 58.9 Å². The molecule has 9 heteroatoms. The number of primary sulfonamides is 1. The highest BCUT2D eigenvalue weighted by molar-refractivity contribution is 7.89. The molecule has 3 N–H and O–H groups in total. The Hall–Kier alpha value is -2.62. The Morgan fingerprint density at radius 2 is 1.81 bits per heavy atom. The van der Waals surface area contributed by atoms with Crippen LogP contribution < -0.4 is 5.14 Å². The van der Waals surface area contributed by atoms with Crippen molar-refractivity contribution in [2.45, 2.75) is 25.3 Å². The maximum atomic E-state index is 14.6. The van der Waals surface area contributed by atoms with E-state index in [1.54, 1.807) is 12.1 Å². The van der Waals surface area contributed by atoms with Crippen LogP contribution in [-0.2, 0) is 16.6 Å². The smallest absolute Gasteiger partial charge is 0.241 e. The molecule has 0 fully saturated rings. The normalized spacial score (nSPS) is 11.8. The summed E-state index contributed by atoms with van der Waals surface area (Å²) in [6.45, 7) is 3.20. The molecule has 1 aromatic heterocycles. The Morgan fingerprint density at radius 1 is 1.11 bits per heavy atom. The van der Waals surface area contributed by atoms with E-state index in [0.717, 1.165) is 11.1 Å². The van der Waals surface area contributed by atoms with Gasteiger partial charge in [0, 0.05) is 11.1 Å². The van der Waals surface area contributed by atoms with E-state index in [4.69, 9.17) is 9.66 Å². The summed E-state index contributed by atoms with van der Waals surface area (Å²) in [6.07, 6.45) is 0. The Bertz CT molecular complexity index is 1140. The Morgan fingerprint density at radius 3 is 2.41 bits per heavy atom. The number of aryl methyl sites for hydroxylation is 2. The molecule has 0 unspecified atom stereocenters. The van der Waals surface area contributed by atoms with Crippen molar-refractivity contribution >= 4 is 10.0 Å². The summed E-state index contributed by atoms with van der Waals surface area (Å²) in [5, 5.41) is 18.3. The van der Waals surface area contributed by atoms with Crippen LogP contribution >= 0.6 is 0 Å². The number of rotatable bonds is 4. The van der Waals surface area contributed by atoms with Crippen LogP contribution in [0.25, 0.3) is 22.4 Å². The van der Waals surface area contributed by atoms with Crippen LogP contribution in [0.1, 0.15) is 16.9 Å². The number of hydrogen-bond acceptors (Lipinski definition) is 5. The van der Waals surface area contributed by atoms with Crippen LogP contribution in [0.15, 0.2) is 39.8 Å². The molecule has 0 aliphatic rings. The molecule has 0 aliphatic carbocycles. The van der Waals surface area contributed by atoms with Crippen molar-refractivity contribution in [3.63, 3.8) is 0 Å². The number of sulfonamides is 1. The fourth-order valence-corrected chi connectivity index (χ4v) is 3.33. The Balaban J connectivity index is 2.27. The first kappa shape index (κ1) is 19.2. The van der Waals surface area contributed by atoms with E-state index in [9.17, 15) is 22.3 Å². The number of nitrogens with two attached hydrogens (primary N) is 1. The van der Waals surface area contributed by atoms with E-state index < -0.39 is 33.2 Å². The predicted molar refractivity (Wildman–Crippen MR) is 94.1 cm³/mol. The van der Waals surface area contributed by atoms with Crippen LogP contribution in [0.5, 0.6) is 0 Å². The van der Waals surface area contributed by atoms with Gasteiger partial charge in [0.05, 0.1) is 5.56 Å². The summed E-state index contributed by atoms with van der Waals surface area (Å²) in [5.74, 6) is -2.33. The highest BCUT2D eigenvalue weighted by Crippen LogP contribution is 2.38. The zero-order valence-electron chi connectivity index (χ0n) is 14.5. The first-order valence-corrected chi connectivity index (χ1v) is 9.37. The van der Waals surface area contributed by atoms with Gasteiger partial charge >= 0.3 is 0 Å². The van der Waals surface area contributed by atoms with Gasteiger partial charge in [0.25, 0.3) is 0 Å². The van der Waals surface area contributed by atoms with Gasteiger partial charge in [-0.15, -0.1) is 0 Å². The summed E-state index contributed by atoms with van der Waals surface area (Å²) in [6, 6.07) is 6.56. The molecular formula is C18H16F2N2O4S. The van der Waals surface area contributed by atoms with Gasteiger partial charge in [0.1, 0.15) is 28.8 Å². The van der Waals surface area contributed by atoms with Gasteiger partial charge in [-0.2, -0.15) is 0 Å². The lowest BCUT2D eigenvalue weighted by atomic mass is 9.96. The van der Waals surface area contributed by atoms with E-state index in [1.807, 2.05) is 19.9 Å². The topological polar surface area (TPSA) is 106 Å². The lowest BCUT2D eigenvalue weighted by Crippen LogP contribution is -2.14. The van der Waals surface area contributed by atoms with Gasteiger partial charge in [-0.25, -0.2) is 22.3 Å². The average Bonchev–Trinajstić information content (AvgIpc) is 3.01. The van der Waals surface area contributed by atoms with Crippen molar-refractivity contribution in [2.24, 2.45) is 5.14 Å². The van der Waals surface area contributed by atoms with Gasteiger partial charge < -0.3 is 9.63 Å². The first-order chi connectivity index (χ1) is 12.6. The van der Waals surface area contributed by atoms with Crippen LogP contribution in [0.3, 0.4) is 0 Å². The van der Waals surface area contributed by atoms with Gasteiger partial charge in [-0.3, -0.25) is 0 Å². The summed E-state index contributed by atoms with van der Waals surface area (Å²) < 4.78 is 56.8. The van der Waals surface area contributed by atoms with Crippen LogP contribution in [0, 0.1) is 25.5 Å². The van der Waals surface area contributed by atoms with E-state index >= 15 is 0 Å². The van der Waals surface area contributed by atoms with Gasteiger partial charge in [0.2, 0.25) is 10.0 Å². The Kier molecular flexibility index (Phi) is 4.85. The molecule has 0 atom stereocenters. The van der Waals surface area contributed by atoms with Crippen molar-refractivity contribution in [2.75, 3.05) is 0 Å². The van der Waals surface area contributed by atoms with E-state index in [1.165, 1.54) is 0 Å². The molecule has 3 rings (SSSR count). The van der Waals surface area contributed by atoms with Gasteiger partial charge in [-0.1, -0.05) is 17.3 Å². The molecule has 0 aliphatic heterocycles. The standard InChI is InChI=1S/C18H16F2N2O4S/c1-9-3-4-11(5-10(9)2)18-17(15(8-23)26-22-18)12-6-14(20)16(7-13(12)19)27(21,24)25/h3-7,23H,8H2,1-2H3,(H2,21,24,25). The molecular weight excluding hydrogens is 378 g/mol. The predicted octanol–water partition coefficient (Wildman–Crippen LogP) is 3.04. The molecule has 2 aromatic carbocycles. The minimum atomic E-state index is -4.43. The largest absolute Gasteiger partial charge is 0.388 e. The number of aliphatic hydroxyl groups excluding tert-OH is 1. The number of hydrogen-bond donors (Lipinski definition) is 2. The SMILES string of the molecule is Cc1ccc(-c2noc(CO)c2-c2cc(F)c(S(N)(=O)=O)cc2F)cc1C. The lowest BCUT2D eigenvalue weighted by Gasteiger charge is -2.09. The fourth-order valence-electron chi connectivity index (χ4n) is 2.73. The van der Waals surface area contributed by atoms with Gasteiger partial charge in [0.15, 0.2) is 5.76 Å². The minimum absolute atomic E-state index is 0.0399. The molecule has 0 saturated carbocycles. The lowest BCUT2D eigenvalue weighted by molar-refractivity contribution is 0.230. The van der Waals surface area contributed by atoms with Crippen LogP contribution in [-0.4, -0.2) is 18.7 Å². The third-order valence-corrected chi connectivity index (χ3v) is 5.21. The van der Waals surface area contributed by atoms with Crippen molar-refractivity contribution in [1.29, 1.82) is 0 Å². The zero-order chi connectivity index (χ0) is 19.9. The molecule has 0 radical (unpaired) electrons. The number of benzene rings is 2. The monoisotopic (exact) mass is 394 g/mol. The van der Waals surface area contributed by atoms with Crippen LogP contribution in [0.2, 0.25) is 0 Å². The molecule has 0 spiro atoms. The fraction of sp³-hybridized carbons (Fsp3) is 0.167. The number of aliphatic hydroxyl groups is 1. The zero-order valence-corrected chi connectivity index (χ0v) is 15.3. The maximum absolute atomic E-state index is 14.6. The third-order valence-electron chi connectivity index (χ3n) is 4.28. The van der Waals surface area contributed by atoms with Crippen molar-refractivity contribution in [3.8, 4) is 22.4 Å². The molecule has 0 bridgehead atoms. The molecule has 0 saturated heterocycles. The van der Waals surface area contributed by atoms with Crippen molar-refractivity contribution < 1.29 is 26.8 Å². The van der Waals surface area contributed by atoms with Gasteiger partial charge in [-0.05, 0) is 43.2 Å². The second-order valence-corrected chi connectivity index (χ2v) is 7.62. The third kappa shape index (κ3) is 3.48. The molecule has 27 heavy (non-hydrogen) atoms. The molecule has 142 valence electrons. The second-order valence-electron chi connectivity index (χ2n) is 6.09. The Labute approximate surface area is 154 Å². The second kappa shape index (κ2) is 6.84.